The number of carbonyl (C=O) groups is 2. The van der Waals surface area contributed by atoms with Crippen LogP contribution < -0.4 is 30.9 Å². The van der Waals surface area contributed by atoms with Crippen molar-refractivity contribution in [1.29, 1.82) is 0 Å². The van der Waals surface area contributed by atoms with Crippen molar-refractivity contribution >= 4 is 35.0 Å². The predicted octanol–water partition coefficient (Wildman–Crippen LogP) is 1.00. The highest BCUT2D eigenvalue weighted by Crippen LogP contribution is 2.38. The minimum absolute atomic E-state index is 0.0413. The van der Waals surface area contributed by atoms with Crippen LogP contribution >= 0.6 is 0 Å². The maximum atomic E-state index is 13.1. The summed E-state index contributed by atoms with van der Waals surface area (Å²) in [5.74, 6) is 0.849. The summed E-state index contributed by atoms with van der Waals surface area (Å²) in [4.78, 5) is 37.7. The second-order valence-corrected chi connectivity index (χ2v) is 8.38. The number of carbonyl (C=O) groups excluding carboxylic acids is 2. The molecule has 5 N–H and O–H groups in total. The lowest BCUT2D eigenvalue weighted by molar-refractivity contribution is -0.120. The van der Waals surface area contributed by atoms with Crippen LogP contribution in [0.3, 0.4) is 0 Å². The van der Waals surface area contributed by atoms with Crippen LogP contribution in [0.25, 0.3) is 0 Å². The molecule has 2 aliphatic rings. The van der Waals surface area contributed by atoms with Crippen LogP contribution in [0, 0.1) is 0 Å². The molecule has 1 aromatic carbocycles. The van der Waals surface area contributed by atoms with Crippen molar-refractivity contribution in [3.8, 4) is 5.75 Å². The number of aliphatic hydroxyl groups is 1. The third kappa shape index (κ3) is 4.62. The Balaban J connectivity index is 1.71. The van der Waals surface area contributed by atoms with E-state index in [4.69, 9.17) is 20.6 Å². The largest absolute Gasteiger partial charge is 0.489 e. The van der Waals surface area contributed by atoms with E-state index in [2.05, 4.69) is 20.5 Å². The lowest BCUT2D eigenvalue weighted by Crippen LogP contribution is -2.58. The summed E-state index contributed by atoms with van der Waals surface area (Å²) >= 11 is 0. The van der Waals surface area contributed by atoms with Gasteiger partial charge in [-0.2, -0.15) is 4.98 Å². The zero-order valence-corrected chi connectivity index (χ0v) is 19.5. The topological polar surface area (TPSA) is 146 Å². The Kier molecular flexibility index (Phi) is 7.13. The molecule has 4 rings (SSSR count). The van der Waals surface area contributed by atoms with Gasteiger partial charge in [-0.15, -0.1) is 0 Å². The third-order valence-corrected chi connectivity index (χ3v) is 6.26. The zero-order valence-electron chi connectivity index (χ0n) is 19.5. The number of aliphatic hydroxyl groups excluding tert-OH is 1. The van der Waals surface area contributed by atoms with E-state index in [0.717, 1.165) is 25.9 Å². The highest BCUT2D eigenvalue weighted by atomic mass is 16.5. The highest BCUT2D eigenvalue weighted by Gasteiger charge is 2.40. The van der Waals surface area contributed by atoms with Gasteiger partial charge in [0.2, 0.25) is 17.8 Å². The van der Waals surface area contributed by atoms with Crippen molar-refractivity contribution in [2.75, 3.05) is 48.5 Å². The summed E-state index contributed by atoms with van der Waals surface area (Å²) in [6.07, 6.45) is 4.17. The van der Waals surface area contributed by atoms with E-state index in [0.29, 0.717) is 35.3 Å². The molecule has 2 aliphatic heterocycles. The molecule has 1 fully saturated rings. The minimum Gasteiger partial charge on any atom is -0.489 e. The molecule has 182 valence electrons. The van der Waals surface area contributed by atoms with Gasteiger partial charge in [-0.3, -0.25) is 9.59 Å². The van der Waals surface area contributed by atoms with Gasteiger partial charge in [0, 0.05) is 18.7 Å². The molecule has 1 unspecified atom stereocenters. The first-order chi connectivity index (χ1) is 16.4. The lowest BCUT2D eigenvalue weighted by atomic mass is 9.98. The molecule has 0 bridgehead atoms. The van der Waals surface area contributed by atoms with Crippen molar-refractivity contribution in [3.05, 3.63) is 30.0 Å². The number of nitrogens with zero attached hydrogens (tertiary/aromatic N) is 4. The highest BCUT2D eigenvalue weighted by molar-refractivity contribution is 6.04. The average molecular weight is 470 g/mol. The number of rotatable bonds is 8. The maximum Gasteiger partial charge on any atom is 0.249 e. The minimum atomic E-state index is -0.582. The molecule has 2 amide bonds. The molecule has 11 nitrogen and oxygen atoms in total. The molecule has 11 heteroatoms. The first-order valence-corrected chi connectivity index (χ1v) is 11.5. The van der Waals surface area contributed by atoms with Crippen molar-refractivity contribution in [2.24, 2.45) is 5.73 Å². The van der Waals surface area contributed by atoms with Gasteiger partial charge < -0.3 is 36.0 Å². The van der Waals surface area contributed by atoms with Crippen molar-refractivity contribution in [1.82, 2.24) is 15.3 Å². The van der Waals surface area contributed by atoms with Crippen LogP contribution in [0.2, 0.25) is 0 Å². The number of aromatic nitrogens is 2. The van der Waals surface area contributed by atoms with Gasteiger partial charge in [0.15, 0.2) is 5.82 Å². The molecule has 2 aromatic rings. The number of likely N-dealkylation sites (N-methyl/N-ethyl adjacent to an activating group) is 1. The Bertz CT molecular complexity index is 1060. The van der Waals surface area contributed by atoms with Gasteiger partial charge in [-0.1, -0.05) is 6.92 Å². The van der Waals surface area contributed by atoms with Crippen LogP contribution in [0.15, 0.2) is 24.4 Å². The molecule has 0 radical (unpaired) electrons. The summed E-state index contributed by atoms with van der Waals surface area (Å²) in [5, 5.41) is 15.7. The molecule has 0 spiro atoms. The standard InChI is InChI=1S/C23H31N7O4/c1-3-17-22(33)29(2)18-13-26-23(28-21(18)30(17)15-6-8-25-9-7-15)27-16-5-4-14(20(24)32)12-19(16)34-11-10-31/h4-5,12-13,15,17,25,31H,3,6-11H2,1-2H3,(H2,24,32)(H,26,27,28). The molecule has 34 heavy (non-hydrogen) atoms. The van der Waals surface area contributed by atoms with Crippen molar-refractivity contribution < 1.29 is 19.4 Å². The van der Waals surface area contributed by atoms with Crippen molar-refractivity contribution in [3.63, 3.8) is 0 Å². The van der Waals surface area contributed by atoms with Gasteiger partial charge in [0.05, 0.1) is 18.5 Å². The third-order valence-electron chi connectivity index (χ3n) is 6.26. The number of amides is 2. The molecule has 3 heterocycles. The second kappa shape index (κ2) is 10.2. The number of hydrogen-bond donors (Lipinski definition) is 4. The number of nitrogens with two attached hydrogens (primary N) is 1. The fraction of sp³-hybridized carbons (Fsp3) is 0.478. The summed E-state index contributed by atoms with van der Waals surface area (Å²) in [7, 11) is 1.75. The number of piperidine rings is 1. The average Bonchev–Trinajstić information content (AvgIpc) is 2.85. The number of anilines is 4. The Labute approximate surface area is 198 Å². The molecule has 1 aromatic heterocycles. The quantitative estimate of drug-likeness (QED) is 0.445. The van der Waals surface area contributed by atoms with E-state index < -0.39 is 5.91 Å². The van der Waals surface area contributed by atoms with Crippen LogP contribution in [0.5, 0.6) is 5.75 Å². The molecular formula is C23H31N7O4. The van der Waals surface area contributed by atoms with Gasteiger partial charge in [0.1, 0.15) is 24.1 Å². The first-order valence-electron chi connectivity index (χ1n) is 11.5. The predicted molar refractivity (Wildman–Crippen MR) is 129 cm³/mol. The maximum absolute atomic E-state index is 13.1. The van der Waals surface area contributed by atoms with Crippen LogP contribution in [0.1, 0.15) is 36.5 Å². The summed E-state index contributed by atoms with van der Waals surface area (Å²) < 4.78 is 5.60. The van der Waals surface area contributed by atoms with Gasteiger partial charge in [0.25, 0.3) is 0 Å². The van der Waals surface area contributed by atoms with E-state index in [9.17, 15) is 9.59 Å². The molecule has 1 atom stereocenters. The SMILES string of the molecule is CCC1C(=O)N(C)c2cnc(Nc3ccc(C(N)=O)cc3OCCO)nc2N1C1CCNCC1. The van der Waals surface area contributed by atoms with E-state index in [1.807, 2.05) is 6.92 Å². The Morgan fingerprint density at radius 1 is 1.35 bits per heavy atom. The van der Waals surface area contributed by atoms with Crippen molar-refractivity contribution in [2.45, 2.75) is 38.3 Å². The fourth-order valence-electron chi connectivity index (χ4n) is 4.52. The summed E-state index contributed by atoms with van der Waals surface area (Å²) in [6, 6.07) is 4.66. The van der Waals surface area contributed by atoms with Crippen LogP contribution in [-0.4, -0.2) is 72.3 Å². The Morgan fingerprint density at radius 3 is 2.79 bits per heavy atom. The summed E-state index contributed by atoms with van der Waals surface area (Å²) in [5.41, 5.74) is 6.87. The van der Waals surface area contributed by atoms with E-state index >= 15 is 0 Å². The van der Waals surface area contributed by atoms with E-state index in [1.54, 1.807) is 30.3 Å². The number of benzene rings is 1. The number of fused-ring (bicyclic) bond motifs is 1. The van der Waals surface area contributed by atoms with Crippen LogP contribution in [-0.2, 0) is 4.79 Å². The Hall–Kier alpha value is -3.44. The monoisotopic (exact) mass is 469 g/mol. The molecule has 1 saturated heterocycles. The number of nitrogens with one attached hydrogen (secondary N) is 2. The Morgan fingerprint density at radius 2 is 2.12 bits per heavy atom. The second-order valence-electron chi connectivity index (χ2n) is 8.38. The van der Waals surface area contributed by atoms with E-state index in [-0.39, 0.29) is 36.8 Å². The van der Waals surface area contributed by atoms with Gasteiger partial charge >= 0.3 is 0 Å². The number of ether oxygens (including phenoxy) is 1. The first kappa shape index (κ1) is 23.7. The van der Waals surface area contributed by atoms with Gasteiger partial charge in [-0.25, -0.2) is 4.98 Å². The number of hydrogen-bond acceptors (Lipinski definition) is 9. The zero-order chi connectivity index (χ0) is 24.2. The molecule has 0 aliphatic carbocycles. The van der Waals surface area contributed by atoms with Gasteiger partial charge in [-0.05, 0) is 50.6 Å². The fourth-order valence-corrected chi connectivity index (χ4v) is 4.52. The molecule has 0 saturated carbocycles. The molecular weight excluding hydrogens is 438 g/mol. The number of primary amides is 1. The lowest BCUT2D eigenvalue weighted by Gasteiger charge is -2.45. The summed E-state index contributed by atoms with van der Waals surface area (Å²) in [6.45, 7) is 3.67. The van der Waals surface area contributed by atoms with E-state index in [1.165, 1.54) is 6.07 Å². The van der Waals surface area contributed by atoms with Crippen LogP contribution in [0.4, 0.5) is 23.1 Å². The normalized spacial score (nSPS) is 18.6. The smallest absolute Gasteiger partial charge is 0.249 e.